The Kier molecular flexibility index (Phi) is 4.81. The molecule has 0 aromatic heterocycles. The SMILES string of the molecule is CCCCO[C@@H]1[C@H]2OC(C)(C)O[C@H]2O[C@@H]1C(O)CO. The lowest BCUT2D eigenvalue weighted by Crippen LogP contribution is -2.44. The summed E-state index contributed by atoms with van der Waals surface area (Å²) in [7, 11) is 0. The molecule has 2 aliphatic heterocycles. The third kappa shape index (κ3) is 3.26. The van der Waals surface area contributed by atoms with Crippen molar-refractivity contribution in [1.82, 2.24) is 0 Å². The second-order valence-corrected chi connectivity index (χ2v) is 5.51. The van der Waals surface area contributed by atoms with Crippen molar-refractivity contribution in [3.63, 3.8) is 0 Å². The van der Waals surface area contributed by atoms with Gasteiger partial charge in [-0.15, -0.1) is 0 Å². The van der Waals surface area contributed by atoms with Crippen molar-refractivity contribution in [3.8, 4) is 0 Å². The summed E-state index contributed by atoms with van der Waals surface area (Å²) in [6.45, 7) is 5.91. The van der Waals surface area contributed by atoms with Crippen LogP contribution in [0.4, 0.5) is 0 Å². The first-order chi connectivity index (χ1) is 8.98. The second kappa shape index (κ2) is 6.03. The lowest BCUT2D eigenvalue weighted by molar-refractivity contribution is -0.231. The Hall–Kier alpha value is -0.240. The van der Waals surface area contributed by atoms with E-state index < -0.39 is 30.4 Å². The van der Waals surface area contributed by atoms with Crippen molar-refractivity contribution in [2.75, 3.05) is 13.2 Å². The molecule has 0 bridgehead atoms. The predicted molar refractivity (Wildman–Crippen MR) is 66.4 cm³/mol. The van der Waals surface area contributed by atoms with Crippen molar-refractivity contribution in [2.24, 2.45) is 0 Å². The lowest BCUT2D eigenvalue weighted by atomic mass is 10.1. The Morgan fingerprint density at radius 1 is 1.32 bits per heavy atom. The van der Waals surface area contributed by atoms with Crippen LogP contribution in [0, 0.1) is 0 Å². The molecule has 0 aromatic carbocycles. The van der Waals surface area contributed by atoms with Gasteiger partial charge in [0.1, 0.15) is 24.4 Å². The Bertz CT molecular complexity index is 295. The van der Waals surface area contributed by atoms with Crippen LogP contribution in [0.25, 0.3) is 0 Å². The zero-order valence-corrected chi connectivity index (χ0v) is 11.7. The van der Waals surface area contributed by atoms with Gasteiger partial charge >= 0.3 is 0 Å². The number of aliphatic hydroxyl groups is 2. The highest BCUT2D eigenvalue weighted by Gasteiger charge is 2.56. The van der Waals surface area contributed by atoms with Crippen LogP contribution in [-0.2, 0) is 18.9 Å². The molecule has 1 unspecified atom stereocenters. The third-order valence-electron chi connectivity index (χ3n) is 3.40. The number of aliphatic hydroxyl groups excluding tert-OH is 2. The molecule has 112 valence electrons. The lowest BCUT2D eigenvalue weighted by Gasteiger charge is -2.27. The van der Waals surface area contributed by atoms with Gasteiger partial charge in [0.25, 0.3) is 0 Å². The minimum atomic E-state index is -0.993. The number of ether oxygens (including phenoxy) is 4. The molecule has 2 aliphatic rings. The molecule has 0 spiro atoms. The molecule has 6 heteroatoms. The van der Waals surface area contributed by atoms with Crippen molar-refractivity contribution >= 4 is 0 Å². The topological polar surface area (TPSA) is 77.4 Å². The molecule has 19 heavy (non-hydrogen) atoms. The quantitative estimate of drug-likeness (QED) is 0.684. The predicted octanol–water partition coefficient (Wildman–Crippen LogP) is 0.401. The zero-order chi connectivity index (χ0) is 14.0. The largest absolute Gasteiger partial charge is 0.394 e. The van der Waals surface area contributed by atoms with E-state index in [1.165, 1.54) is 0 Å². The number of unbranched alkanes of at least 4 members (excludes halogenated alkanes) is 1. The fourth-order valence-electron chi connectivity index (χ4n) is 2.47. The summed E-state index contributed by atoms with van der Waals surface area (Å²) < 4.78 is 22.8. The molecule has 0 aliphatic carbocycles. The summed E-state index contributed by atoms with van der Waals surface area (Å²) in [6, 6.07) is 0. The Balaban J connectivity index is 2.02. The van der Waals surface area contributed by atoms with Gasteiger partial charge in [-0.3, -0.25) is 0 Å². The fourth-order valence-corrected chi connectivity index (χ4v) is 2.47. The molecule has 6 nitrogen and oxygen atoms in total. The summed E-state index contributed by atoms with van der Waals surface area (Å²) in [5.74, 6) is -0.711. The molecular weight excluding hydrogens is 252 g/mol. The molecule has 5 atom stereocenters. The maximum absolute atomic E-state index is 9.80. The van der Waals surface area contributed by atoms with Crippen molar-refractivity contribution in [3.05, 3.63) is 0 Å². The van der Waals surface area contributed by atoms with Gasteiger partial charge in [-0.25, -0.2) is 0 Å². The molecule has 0 saturated carbocycles. The van der Waals surface area contributed by atoms with Gasteiger partial charge in [0.05, 0.1) is 6.61 Å². The summed E-state index contributed by atoms with van der Waals surface area (Å²) in [5.41, 5.74) is 0. The highest BCUT2D eigenvalue weighted by atomic mass is 16.8. The summed E-state index contributed by atoms with van der Waals surface area (Å²) in [4.78, 5) is 0. The van der Waals surface area contributed by atoms with Crippen molar-refractivity contribution < 1.29 is 29.2 Å². The van der Waals surface area contributed by atoms with E-state index >= 15 is 0 Å². The van der Waals surface area contributed by atoms with Gasteiger partial charge < -0.3 is 29.2 Å². The molecule has 0 aromatic rings. The maximum Gasteiger partial charge on any atom is 0.190 e. The van der Waals surface area contributed by atoms with E-state index in [2.05, 4.69) is 6.92 Å². The van der Waals surface area contributed by atoms with Crippen LogP contribution in [0.5, 0.6) is 0 Å². The van der Waals surface area contributed by atoms with Crippen LogP contribution in [0.2, 0.25) is 0 Å². The Labute approximate surface area is 113 Å². The number of hydrogen-bond donors (Lipinski definition) is 2. The van der Waals surface area contributed by atoms with Gasteiger partial charge in [0, 0.05) is 6.61 Å². The summed E-state index contributed by atoms with van der Waals surface area (Å²) in [5, 5.41) is 18.9. The van der Waals surface area contributed by atoms with Gasteiger partial charge in [-0.1, -0.05) is 13.3 Å². The maximum atomic E-state index is 9.80. The fraction of sp³-hybridized carbons (Fsp3) is 1.00. The normalized spacial score (nSPS) is 38.4. The number of fused-ring (bicyclic) bond motifs is 1. The average Bonchev–Trinajstić information content (AvgIpc) is 2.82. The first kappa shape index (κ1) is 15.2. The minimum Gasteiger partial charge on any atom is -0.394 e. The Morgan fingerprint density at radius 3 is 2.68 bits per heavy atom. The van der Waals surface area contributed by atoms with E-state index in [0.29, 0.717) is 6.61 Å². The molecular formula is C13H24O6. The van der Waals surface area contributed by atoms with E-state index in [-0.39, 0.29) is 12.7 Å². The molecule has 0 amide bonds. The molecule has 2 fully saturated rings. The van der Waals surface area contributed by atoms with Crippen molar-refractivity contribution in [2.45, 2.75) is 70.1 Å². The van der Waals surface area contributed by atoms with E-state index in [9.17, 15) is 5.11 Å². The average molecular weight is 276 g/mol. The first-order valence-electron chi connectivity index (χ1n) is 6.90. The van der Waals surface area contributed by atoms with E-state index in [4.69, 9.17) is 24.1 Å². The van der Waals surface area contributed by atoms with Crippen LogP contribution in [0.1, 0.15) is 33.6 Å². The molecule has 2 rings (SSSR count). The summed E-state index contributed by atoms with van der Waals surface area (Å²) in [6.07, 6.45) is -0.982. The first-order valence-corrected chi connectivity index (χ1v) is 6.90. The molecule has 0 radical (unpaired) electrons. The van der Waals surface area contributed by atoms with E-state index in [0.717, 1.165) is 12.8 Å². The highest BCUT2D eigenvalue weighted by Crippen LogP contribution is 2.39. The number of rotatable bonds is 6. The minimum absolute atomic E-state index is 0.363. The van der Waals surface area contributed by atoms with Crippen LogP contribution >= 0.6 is 0 Å². The zero-order valence-electron chi connectivity index (χ0n) is 11.7. The van der Waals surface area contributed by atoms with Crippen LogP contribution in [0.15, 0.2) is 0 Å². The van der Waals surface area contributed by atoms with Crippen LogP contribution < -0.4 is 0 Å². The van der Waals surface area contributed by atoms with E-state index in [1.54, 1.807) is 0 Å². The summed E-state index contributed by atoms with van der Waals surface area (Å²) >= 11 is 0. The standard InChI is InChI=1S/C13H24O6/c1-4-5-6-16-10-9(8(15)7-14)17-12-11(10)18-13(2,3)19-12/h8-12,14-15H,4-7H2,1-3H3/t8?,9-,10+,11-,12-/m1/s1. The smallest absolute Gasteiger partial charge is 0.190 e. The second-order valence-electron chi connectivity index (χ2n) is 5.51. The Morgan fingerprint density at radius 2 is 2.05 bits per heavy atom. The van der Waals surface area contributed by atoms with Gasteiger partial charge in [0.2, 0.25) is 0 Å². The molecule has 2 saturated heterocycles. The van der Waals surface area contributed by atoms with Crippen molar-refractivity contribution in [1.29, 1.82) is 0 Å². The monoisotopic (exact) mass is 276 g/mol. The van der Waals surface area contributed by atoms with Gasteiger partial charge in [-0.05, 0) is 20.3 Å². The highest BCUT2D eigenvalue weighted by molar-refractivity contribution is 4.96. The molecule has 2 heterocycles. The van der Waals surface area contributed by atoms with Gasteiger partial charge in [0.15, 0.2) is 12.1 Å². The van der Waals surface area contributed by atoms with Crippen LogP contribution in [-0.4, -0.2) is 59.9 Å². The third-order valence-corrected chi connectivity index (χ3v) is 3.40. The molecule has 2 N–H and O–H groups in total. The number of hydrogen-bond acceptors (Lipinski definition) is 6. The van der Waals surface area contributed by atoms with E-state index in [1.807, 2.05) is 13.8 Å². The van der Waals surface area contributed by atoms with Gasteiger partial charge in [-0.2, -0.15) is 0 Å². The van der Waals surface area contributed by atoms with Crippen LogP contribution in [0.3, 0.4) is 0 Å².